The molecule has 7 heteroatoms. The van der Waals surface area contributed by atoms with Crippen molar-refractivity contribution in [2.75, 3.05) is 0 Å². The Morgan fingerprint density at radius 2 is 1.89 bits per heavy atom. The number of aryl methyl sites for hydroxylation is 1. The SMILES string of the molecule is CC(=Cc1csc(C)n1)[C@H]1CC(=O)C[C@H](O)C(C)(C)C(=O)[C@H](C)[C@@H](O)[C@@H](C)CCC[C@@]2(C)OC2C1. The van der Waals surface area contributed by atoms with E-state index >= 15 is 0 Å². The van der Waals surface area contributed by atoms with Gasteiger partial charge in [-0.05, 0) is 57.9 Å². The molecular formula is C28H43NO5S. The van der Waals surface area contributed by atoms with Crippen LogP contribution in [0.25, 0.3) is 6.08 Å². The summed E-state index contributed by atoms with van der Waals surface area (Å²) in [5, 5.41) is 24.8. The van der Waals surface area contributed by atoms with Crippen LogP contribution in [0, 0.1) is 30.1 Å². The van der Waals surface area contributed by atoms with Crippen LogP contribution >= 0.6 is 11.3 Å². The molecule has 2 aliphatic rings. The van der Waals surface area contributed by atoms with Crippen molar-refractivity contribution in [3.63, 3.8) is 0 Å². The first-order valence-electron chi connectivity index (χ1n) is 12.9. The Bertz CT molecular complexity index is 953. The number of hydrogen-bond acceptors (Lipinski definition) is 7. The van der Waals surface area contributed by atoms with Crippen LogP contribution in [0.4, 0.5) is 0 Å². The zero-order valence-corrected chi connectivity index (χ0v) is 23.2. The van der Waals surface area contributed by atoms with Gasteiger partial charge in [-0.3, -0.25) is 9.59 Å². The number of carbonyl (C=O) groups excluding carboxylic acids is 2. The van der Waals surface area contributed by atoms with Gasteiger partial charge in [-0.25, -0.2) is 4.98 Å². The van der Waals surface area contributed by atoms with E-state index in [0.29, 0.717) is 0 Å². The molecule has 7 atom stereocenters. The summed E-state index contributed by atoms with van der Waals surface area (Å²) in [6.07, 6.45) is 3.77. The van der Waals surface area contributed by atoms with E-state index in [1.165, 1.54) is 0 Å². The highest BCUT2D eigenvalue weighted by Gasteiger charge is 2.52. The number of aliphatic hydroxyl groups excluding tert-OH is 2. The molecule has 0 bridgehead atoms. The number of fused-ring (bicyclic) bond motifs is 1. The molecule has 0 spiro atoms. The Balaban J connectivity index is 1.85. The lowest BCUT2D eigenvalue weighted by Gasteiger charge is -2.34. The molecule has 0 aromatic carbocycles. The number of allylic oxidation sites excluding steroid dienone is 1. The predicted octanol–water partition coefficient (Wildman–Crippen LogP) is 5.14. The topological polar surface area (TPSA) is 100 Å². The zero-order valence-electron chi connectivity index (χ0n) is 22.3. The van der Waals surface area contributed by atoms with Crippen LogP contribution < -0.4 is 0 Å². The summed E-state index contributed by atoms with van der Waals surface area (Å²) in [6.45, 7) is 13.2. The van der Waals surface area contributed by atoms with Crippen LogP contribution in [0.5, 0.6) is 0 Å². The second-order valence-corrected chi connectivity index (χ2v) is 12.8. The summed E-state index contributed by atoms with van der Waals surface area (Å²) in [6, 6.07) is 0. The number of carbonyl (C=O) groups is 2. The third-order valence-electron chi connectivity index (χ3n) is 8.39. The van der Waals surface area contributed by atoms with Crippen molar-refractivity contribution < 1.29 is 24.5 Å². The molecule has 1 unspecified atom stereocenters. The standard InChI is InChI=1S/C28H43NO5S/c1-16-9-8-10-28(7)24(34-28)13-20(17(2)11-21-15-35-19(4)29-21)12-22(30)14-23(31)27(5,6)26(33)18(3)25(16)32/h11,15-16,18,20,23-25,31-32H,8-10,12-14H2,1-7H3/t16-,18+,20-,23-,24?,25-,28+/m0/s1. The average molecular weight is 506 g/mol. The Labute approximate surface area is 214 Å². The molecule has 35 heavy (non-hydrogen) atoms. The van der Waals surface area contributed by atoms with Crippen LogP contribution in [-0.4, -0.2) is 50.7 Å². The molecule has 0 radical (unpaired) electrons. The van der Waals surface area contributed by atoms with Crippen LogP contribution in [0.1, 0.15) is 90.8 Å². The maximum absolute atomic E-state index is 13.3. The lowest BCUT2D eigenvalue weighted by molar-refractivity contribution is -0.143. The molecule has 1 aliphatic heterocycles. The lowest BCUT2D eigenvalue weighted by atomic mass is 9.72. The smallest absolute Gasteiger partial charge is 0.146 e. The summed E-state index contributed by atoms with van der Waals surface area (Å²) in [4.78, 5) is 30.9. The molecule has 0 amide bonds. The summed E-state index contributed by atoms with van der Waals surface area (Å²) < 4.78 is 6.14. The van der Waals surface area contributed by atoms with Crippen molar-refractivity contribution in [2.45, 2.75) is 111 Å². The molecule has 1 aromatic rings. The van der Waals surface area contributed by atoms with Crippen molar-refractivity contribution >= 4 is 29.0 Å². The first-order chi connectivity index (χ1) is 16.2. The van der Waals surface area contributed by atoms with Gasteiger partial charge in [0.25, 0.3) is 0 Å². The summed E-state index contributed by atoms with van der Waals surface area (Å²) >= 11 is 1.60. The minimum absolute atomic E-state index is 0.0186. The van der Waals surface area contributed by atoms with Gasteiger partial charge in [-0.1, -0.05) is 39.7 Å². The Morgan fingerprint density at radius 3 is 2.51 bits per heavy atom. The number of aromatic nitrogens is 1. The van der Waals surface area contributed by atoms with Gasteiger partial charge in [-0.15, -0.1) is 11.3 Å². The third-order valence-corrected chi connectivity index (χ3v) is 9.19. The summed E-state index contributed by atoms with van der Waals surface area (Å²) in [7, 11) is 0. The maximum atomic E-state index is 13.3. The number of Topliss-reactive ketones (excluding diaryl/α,β-unsaturated/α-hetero) is 2. The molecule has 1 aliphatic carbocycles. The van der Waals surface area contributed by atoms with Crippen LogP contribution in [0.15, 0.2) is 11.0 Å². The molecule has 6 nitrogen and oxygen atoms in total. The van der Waals surface area contributed by atoms with Crippen LogP contribution in [-0.2, 0) is 14.3 Å². The fourth-order valence-corrected chi connectivity index (χ4v) is 6.04. The van der Waals surface area contributed by atoms with Gasteiger partial charge in [0.1, 0.15) is 11.6 Å². The van der Waals surface area contributed by atoms with E-state index in [4.69, 9.17) is 4.74 Å². The monoisotopic (exact) mass is 505 g/mol. The Hall–Kier alpha value is -1.41. The molecule has 196 valence electrons. The fraction of sp³-hybridized carbons (Fsp3) is 0.750. The first kappa shape index (κ1) is 28.2. The van der Waals surface area contributed by atoms with Gasteiger partial charge in [-0.2, -0.15) is 0 Å². The molecule has 1 saturated heterocycles. The normalized spacial score (nSPS) is 37.7. The lowest BCUT2D eigenvalue weighted by Crippen LogP contribution is -2.45. The third kappa shape index (κ3) is 6.68. The van der Waals surface area contributed by atoms with Crippen molar-refractivity contribution in [3.8, 4) is 0 Å². The number of hydrogen-bond donors (Lipinski definition) is 2. The molecule has 2 heterocycles. The summed E-state index contributed by atoms with van der Waals surface area (Å²) in [5.74, 6) is -0.945. The second kappa shape index (κ2) is 10.9. The van der Waals surface area contributed by atoms with E-state index in [1.807, 2.05) is 32.2 Å². The predicted molar refractivity (Wildman–Crippen MR) is 139 cm³/mol. The molecule has 2 fully saturated rings. The highest BCUT2D eigenvalue weighted by Crippen LogP contribution is 2.46. The fourth-order valence-electron chi connectivity index (χ4n) is 5.47. The van der Waals surface area contributed by atoms with E-state index in [-0.39, 0.29) is 47.9 Å². The van der Waals surface area contributed by atoms with E-state index in [0.717, 1.165) is 42.0 Å². The highest BCUT2D eigenvalue weighted by molar-refractivity contribution is 7.09. The maximum Gasteiger partial charge on any atom is 0.146 e. The van der Waals surface area contributed by atoms with Gasteiger partial charge in [0.2, 0.25) is 0 Å². The van der Waals surface area contributed by atoms with Crippen molar-refractivity contribution in [2.24, 2.45) is 23.2 Å². The molecular weight excluding hydrogens is 462 g/mol. The van der Waals surface area contributed by atoms with Crippen LogP contribution in [0.3, 0.4) is 0 Å². The number of thiazole rings is 1. The van der Waals surface area contributed by atoms with E-state index in [9.17, 15) is 19.8 Å². The highest BCUT2D eigenvalue weighted by atomic mass is 32.1. The molecule has 1 saturated carbocycles. The van der Waals surface area contributed by atoms with E-state index in [2.05, 4.69) is 11.9 Å². The zero-order chi connectivity index (χ0) is 26.1. The number of nitrogens with zero attached hydrogens (tertiary/aromatic N) is 1. The van der Waals surface area contributed by atoms with E-state index in [1.54, 1.807) is 32.1 Å². The average Bonchev–Trinajstić information content (AvgIpc) is 3.22. The number of epoxide rings is 1. The first-order valence-corrected chi connectivity index (χ1v) is 13.8. The van der Waals surface area contributed by atoms with Crippen molar-refractivity contribution in [1.82, 2.24) is 4.98 Å². The van der Waals surface area contributed by atoms with Gasteiger partial charge in [0.05, 0.1) is 40.0 Å². The minimum Gasteiger partial charge on any atom is -0.392 e. The number of ketones is 2. The summed E-state index contributed by atoms with van der Waals surface area (Å²) in [5.41, 5.74) is 0.641. The van der Waals surface area contributed by atoms with Gasteiger partial charge >= 0.3 is 0 Å². The Kier molecular flexibility index (Phi) is 8.78. The largest absolute Gasteiger partial charge is 0.392 e. The van der Waals surface area contributed by atoms with Gasteiger partial charge in [0, 0.05) is 24.1 Å². The minimum atomic E-state index is -1.12. The van der Waals surface area contributed by atoms with Crippen molar-refractivity contribution in [3.05, 3.63) is 21.7 Å². The number of ether oxygens (including phenoxy) is 1. The van der Waals surface area contributed by atoms with Gasteiger partial charge < -0.3 is 14.9 Å². The second-order valence-electron chi connectivity index (χ2n) is 11.7. The molecule has 1 aromatic heterocycles. The van der Waals surface area contributed by atoms with Crippen molar-refractivity contribution in [1.29, 1.82) is 0 Å². The Morgan fingerprint density at radius 1 is 1.20 bits per heavy atom. The number of rotatable bonds is 2. The molecule has 2 N–H and O–H groups in total. The molecule has 3 rings (SSSR count). The van der Waals surface area contributed by atoms with Crippen LogP contribution in [0.2, 0.25) is 0 Å². The van der Waals surface area contributed by atoms with Gasteiger partial charge in [0.15, 0.2) is 0 Å². The number of aliphatic hydroxyl groups is 2. The van der Waals surface area contributed by atoms with E-state index < -0.39 is 23.5 Å². The quantitative estimate of drug-likeness (QED) is 0.540.